The Labute approximate surface area is 193 Å². The molecule has 3 aromatic rings. The van der Waals surface area contributed by atoms with Crippen LogP contribution in [-0.4, -0.2) is 19.1 Å². The second-order valence-corrected chi connectivity index (χ2v) is 9.30. The van der Waals surface area contributed by atoms with Crippen LogP contribution >= 0.6 is 0 Å². The highest BCUT2D eigenvalue weighted by molar-refractivity contribution is 7.92. The summed E-state index contributed by atoms with van der Waals surface area (Å²) in [5, 5.41) is 15.8. The first-order chi connectivity index (χ1) is 15.7. The minimum Gasteiger partial charge on any atom is -0.279 e. The molecule has 0 aromatic heterocycles. The second kappa shape index (κ2) is 10.3. The number of nitro benzene ring substituents is 1. The van der Waals surface area contributed by atoms with Crippen molar-refractivity contribution in [3.8, 4) is 0 Å². The standard InChI is InChI=1S/C24H26N4O4S/c1-4-8-22(19-9-6-5-7-10-19)25-26-23-14-12-20(28(29)30)16-24(23)33(31,32)27-21-13-11-17(2)15-18(21)3/h5-7,9-16,26-27H,4,8H2,1-3H3/b25-22-. The average molecular weight is 467 g/mol. The normalized spacial score (nSPS) is 11.8. The first-order valence-electron chi connectivity index (χ1n) is 10.5. The molecule has 0 fully saturated rings. The molecule has 0 spiro atoms. The summed E-state index contributed by atoms with van der Waals surface area (Å²) in [5.41, 5.74) is 6.43. The van der Waals surface area contributed by atoms with Gasteiger partial charge < -0.3 is 0 Å². The summed E-state index contributed by atoms with van der Waals surface area (Å²) in [4.78, 5) is 10.4. The lowest BCUT2D eigenvalue weighted by atomic mass is 10.1. The van der Waals surface area contributed by atoms with Crippen LogP contribution in [-0.2, 0) is 10.0 Å². The molecule has 0 unspecified atom stereocenters. The number of hydrogen-bond donors (Lipinski definition) is 2. The number of hydrogen-bond acceptors (Lipinski definition) is 6. The van der Waals surface area contributed by atoms with E-state index in [2.05, 4.69) is 15.2 Å². The monoisotopic (exact) mass is 466 g/mol. The van der Waals surface area contributed by atoms with E-state index in [0.29, 0.717) is 12.1 Å². The summed E-state index contributed by atoms with van der Waals surface area (Å²) >= 11 is 0. The van der Waals surface area contributed by atoms with Crippen molar-refractivity contribution in [3.63, 3.8) is 0 Å². The van der Waals surface area contributed by atoms with Crippen LogP contribution in [0.1, 0.15) is 36.5 Å². The summed E-state index contributed by atoms with van der Waals surface area (Å²) in [6.45, 7) is 5.72. The van der Waals surface area contributed by atoms with E-state index in [9.17, 15) is 18.5 Å². The van der Waals surface area contributed by atoms with Gasteiger partial charge in [0.15, 0.2) is 0 Å². The summed E-state index contributed by atoms with van der Waals surface area (Å²) in [7, 11) is -4.15. The third-order valence-corrected chi connectivity index (χ3v) is 6.40. The molecule has 0 bridgehead atoms. The molecule has 3 aromatic carbocycles. The van der Waals surface area contributed by atoms with Gasteiger partial charge in [-0.15, -0.1) is 0 Å². The van der Waals surface area contributed by atoms with Crippen LogP contribution < -0.4 is 10.1 Å². The number of nitro groups is 1. The number of anilines is 2. The van der Waals surface area contributed by atoms with Gasteiger partial charge in [-0.2, -0.15) is 5.10 Å². The van der Waals surface area contributed by atoms with E-state index < -0.39 is 14.9 Å². The highest BCUT2D eigenvalue weighted by Crippen LogP contribution is 2.29. The summed E-state index contributed by atoms with van der Waals surface area (Å²) in [6, 6.07) is 18.5. The van der Waals surface area contributed by atoms with Gasteiger partial charge in [-0.1, -0.05) is 61.4 Å². The van der Waals surface area contributed by atoms with Gasteiger partial charge in [0.1, 0.15) is 4.90 Å². The molecule has 0 aliphatic rings. The van der Waals surface area contributed by atoms with E-state index in [4.69, 9.17) is 0 Å². The number of rotatable bonds is 9. The van der Waals surface area contributed by atoms with Crippen molar-refractivity contribution < 1.29 is 13.3 Å². The van der Waals surface area contributed by atoms with Gasteiger partial charge >= 0.3 is 0 Å². The molecule has 0 aliphatic carbocycles. The van der Waals surface area contributed by atoms with Gasteiger partial charge in [0.25, 0.3) is 15.7 Å². The van der Waals surface area contributed by atoms with Gasteiger partial charge in [-0.25, -0.2) is 8.42 Å². The van der Waals surface area contributed by atoms with Crippen molar-refractivity contribution in [3.05, 3.63) is 93.5 Å². The van der Waals surface area contributed by atoms with Crippen LogP contribution in [0.5, 0.6) is 0 Å². The summed E-state index contributed by atoms with van der Waals surface area (Å²) in [5.74, 6) is 0. The topological polar surface area (TPSA) is 114 Å². The van der Waals surface area contributed by atoms with E-state index in [-0.39, 0.29) is 16.3 Å². The SMILES string of the molecule is CCC/C(=N/Nc1ccc([N+](=O)[O-])cc1S(=O)(=O)Nc1ccc(C)cc1C)c1ccccc1. The quantitative estimate of drug-likeness (QED) is 0.241. The van der Waals surface area contributed by atoms with Gasteiger partial charge in [0.2, 0.25) is 0 Å². The van der Waals surface area contributed by atoms with Crippen LogP contribution in [0.4, 0.5) is 17.1 Å². The maximum Gasteiger partial charge on any atom is 0.270 e. The fourth-order valence-corrected chi connectivity index (χ4v) is 4.63. The zero-order chi connectivity index (χ0) is 24.0. The van der Waals surface area contributed by atoms with Crippen molar-refractivity contribution in [1.29, 1.82) is 0 Å². The average Bonchev–Trinajstić information content (AvgIpc) is 2.79. The molecular formula is C24H26N4O4S. The lowest BCUT2D eigenvalue weighted by Crippen LogP contribution is -2.16. The highest BCUT2D eigenvalue weighted by Gasteiger charge is 2.23. The fraction of sp³-hybridized carbons (Fsp3) is 0.208. The van der Waals surface area contributed by atoms with E-state index in [1.165, 1.54) is 12.1 Å². The molecule has 2 N–H and O–H groups in total. The zero-order valence-electron chi connectivity index (χ0n) is 18.7. The Morgan fingerprint density at radius 3 is 2.33 bits per heavy atom. The largest absolute Gasteiger partial charge is 0.279 e. The summed E-state index contributed by atoms with van der Waals surface area (Å²) < 4.78 is 29.0. The molecule has 3 rings (SSSR count). The summed E-state index contributed by atoms with van der Waals surface area (Å²) in [6.07, 6.45) is 1.52. The van der Waals surface area contributed by atoms with Gasteiger partial charge in [0.05, 0.1) is 22.0 Å². The van der Waals surface area contributed by atoms with Crippen molar-refractivity contribution >= 4 is 32.8 Å². The molecule has 9 heteroatoms. The maximum absolute atomic E-state index is 13.3. The Balaban J connectivity index is 2.03. The minimum atomic E-state index is -4.15. The van der Waals surface area contributed by atoms with E-state index in [1.54, 1.807) is 19.1 Å². The first-order valence-corrected chi connectivity index (χ1v) is 12.0. The van der Waals surface area contributed by atoms with E-state index >= 15 is 0 Å². The number of aryl methyl sites for hydroxylation is 2. The van der Waals surface area contributed by atoms with Crippen LogP contribution in [0.2, 0.25) is 0 Å². The van der Waals surface area contributed by atoms with E-state index in [0.717, 1.165) is 34.9 Å². The van der Waals surface area contributed by atoms with Crippen LogP contribution in [0.15, 0.2) is 76.7 Å². The molecule has 0 radical (unpaired) electrons. The Hall–Kier alpha value is -3.72. The smallest absolute Gasteiger partial charge is 0.270 e. The molecule has 0 heterocycles. The van der Waals surface area contributed by atoms with E-state index in [1.807, 2.05) is 50.2 Å². The molecule has 0 amide bonds. The zero-order valence-corrected chi connectivity index (χ0v) is 19.5. The van der Waals surface area contributed by atoms with Crippen LogP contribution in [0.3, 0.4) is 0 Å². The molecule has 0 saturated heterocycles. The highest BCUT2D eigenvalue weighted by atomic mass is 32.2. The number of hydrazone groups is 1. The fourth-order valence-electron chi connectivity index (χ4n) is 3.33. The van der Waals surface area contributed by atoms with Crippen LogP contribution in [0, 0.1) is 24.0 Å². The van der Waals surface area contributed by atoms with Crippen LogP contribution in [0.25, 0.3) is 0 Å². The molecule has 0 aliphatic heterocycles. The molecule has 172 valence electrons. The van der Waals surface area contributed by atoms with Crippen molar-refractivity contribution in [2.45, 2.75) is 38.5 Å². The Bertz CT molecular complexity index is 1290. The molecule has 0 saturated carbocycles. The number of sulfonamides is 1. The predicted octanol–water partition coefficient (Wildman–Crippen LogP) is 5.63. The third-order valence-electron chi connectivity index (χ3n) is 5.00. The number of benzene rings is 3. The third kappa shape index (κ3) is 5.95. The Morgan fingerprint density at radius 1 is 1.00 bits per heavy atom. The molecular weight excluding hydrogens is 440 g/mol. The van der Waals surface area contributed by atoms with Gasteiger partial charge in [0, 0.05) is 12.1 Å². The number of nitrogens with zero attached hydrogens (tertiary/aromatic N) is 2. The number of non-ortho nitro benzene ring substituents is 1. The predicted molar refractivity (Wildman–Crippen MR) is 131 cm³/mol. The molecule has 0 atom stereocenters. The second-order valence-electron chi connectivity index (χ2n) is 7.65. The van der Waals surface area contributed by atoms with Crippen molar-refractivity contribution in [1.82, 2.24) is 0 Å². The lowest BCUT2D eigenvalue weighted by molar-refractivity contribution is -0.385. The van der Waals surface area contributed by atoms with Crippen molar-refractivity contribution in [2.75, 3.05) is 10.1 Å². The Kier molecular flexibility index (Phi) is 7.44. The van der Waals surface area contributed by atoms with Gasteiger partial charge in [-0.05, 0) is 43.5 Å². The minimum absolute atomic E-state index is 0.141. The molecule has 33 heavy (non-hydrogen) atoms. The molecule has 8 nitrogen and oxygen atoms in total. The van der Waals surface area contributed by atoms with Gasteiger partial charge in [-0.3, -0.25) is 20.3 Å². The number of nitrogens with one attached hydrogen (secondary N) is 2. The maximum atomic E-state index is 13.3. The van der Waals surface area contributed by atoms with Crippen molar-refractivity contribution in [2.24, 2.45) is 5.10 Å². The lowest BCUT2D eigenvalue weighted by Gasteiger charge is -2.14. The first kappa shape index (κ1) is 23.9. The Morgan fingerprint density at radius 2 is 1.70 bits per heavy atom.